The summed E-state index contributed by atoms with van der Waals surface area (Å²) in [6, 6.07) is 15.9. The molecule has 2 aromatic rings. The maximum absolute atomic E-state index is 12.4. The molecule has 7 heteroatoms. The van der Waals surface area contributed by atoms with Crippen LogP contribution in [0.25, 0.3) is 0 Å². The quantitative estimate of drug-likeness (QED) is 0.703. The fourth-order valence-corrected chi connectivity index (χ4v) is 4.05. The molecule has 0 saturated carbocycles. The van der Waals surface area contributed by atoms with Gasteiger partial charge in [-0.05, 0) is 56.4 Å². The number of benzene rings is 2. The van der Waals surface area contributed by atoms with Crippen molar-refractivity contribution in [1.29, 1.82) is 0 Å². The lowest BCUT2D eigenvalue weighted by Crippen LogP contribution is -2.45. The number of rotatable bonds is 8. The van der Waals surface area contributed by atoms with E-state index >= 15 is 0 Å². The number of nitrogens with one attached hydrogen (secondary N) is 1. The fraction of sp³-hybridized carbons (Fsp3) is 0.400. The lowest BCUT2D eigenvalue weighted by atomic mass is 10.3. The van der Waals surface area contributed by atoms with Crippen molar-refractivity contribution in [3.8, 4) is 11.5 Å². The molecular formula is C20H27N3O3S. The summed E-state index contributed by atoms with van der Waals surface area (Å²) in [5, 5.41) is 0. The fourth-order valence-electron chi connectivity index (χ4n) is 2.98. The molecule has 1 fully saturated rings. The molecule has 6 nitrogen and oxygen atoms in total. The number of likely N-dealkylation sites (N-methyl/N-ethyl adjacent to an activating group) is 1. The third-order valence-corrected chi connectivity index (χ3v) is 6.13. The lowest BCUT2D eigenvalue weighted by molar-refractivity contribution is 0.153. The van der Waals surface area contributed by atoms with Crippen molar-refractivity contribution in [3.05, 3.63) is 54.6 Å². The van der Waals surface area contributed by atoms with Crippen LogP contribution in [0.2, 0.25) is 0 Å². The molecule has 0 spiro atoms. The Labute approximate surface area is 161 Å². The highest BCUT2D eigenvalue weighted by Gasteiger charge is 2.15. The molecule has 0 amide bonds. The van der Waals surface area contributed by atoms with E-state index in [9.17, 15) is 8.42 Å². The summed E-state index contributed by atoms with van der Waals surface area (Å²) in [6.45, 7) is 5.60. The van der Waals surface area contributed by atoms with Crippen LogP contribution in [0.1, 0.15) is 6.42 Å². The minimum Gasteiger partial charge on any atom is -0.457 e. The first kappa shape index (κ1) is 19.8. The van der Waals surface area contributed by atoms with Gasteiger partial charge in [-0.15, -0.1) is 0 Å². The summed E-state index contributed by atoms with van der Waals surface area (Å²) in [5.74, 6) is 1.32. The Morgan fingerprint density at radius 1 is 0.926 bits per heavy atom. The molecule has 1 aliphatic rings. The van der Waals surface area contributed by atoms with Crippen molar-refractivity contribution < 1.29 is 13.2 Å². The number of hydrogen-bond acceptors (Lipinski definition) is 5. The van der Waals surface area contributed by atoms with E-state index in [-0.39, 0.29) is 4.90 Å². The van der Waals surface area contributed by atoms with E-state index in [1.54, 1.807) is 24.3 Å². The molecular weight excluding hydrogens is 362 g/mol. The molecule has 3 rings (SSSR count). The predicted octanol–water partition coefficient (Wildman–Crippen LogP) is 2.39. The second-order valence-electron chi connectivity index (χ2n) is 6.78. The summed E-state index contributed by atoms with van der Waals surface area (Å²) in [4.78, 5) is 4.94. The maximum Gasteiger partial charge on any atom is 0.240 e. The van der Waals surface area contributed by atoms with E-state index in [1.807, 2.05) is 30.3 Å². The smallest absolute Gasteiger partial charge is 0.240 e. The summed E-state index contributed by atoms with van der Waals surface area (Å²) in [7, 11) is -1.37. The third-order valence-electron chi connectivity index (χ3n) is 4.65. The van der Waals surface area contributed by atoms with Crippen molar-refractivity contribution in [2.24, 2.45) is 0 Å². The Morgan fingerprint density at radius 3 is 2.22 bits per heavy atom. The van der Waals surface area contributed by atoms with Gasteiger partial charge in [-0.1, -0.05) is 18.2 Å². The van der Waals surface area contributed by atoms with Crippen LogP contribution in [0, 0.1) is 0 Å². The molecule has 0 radical (unpaired) electrons. The molecule has 0 aromatic heterocycles. The van der Waals surface area contributed by atoms with E-state index in [4.69, 9.17) is 4.74 Å². The summed E-state index contributed by atoms with van der Waals surface area (Å²) >= 11 is 0. The summed E-state index contributed by atoms with van der Waals surface area (Å²) in [6.07, 6.45) is 0.804. The van der Waals surface area contributed by atoms with Gasteiger partial charge in [-0.25, -0.2) is 13.1 Å². The van der Waals surface area contributed by atoms with Crippen LogP contribution in [0.15, 0.2) is 59.5 Å². The highest BCUT2D eigenvalue weighted by molar-refractivity contribution is 7.89. The van der Waals surface area contributed by atoms with Crippen LogP contribution in [0.5, 0.6) is 11.5 Å². The number of para-hydroxylation sites is 1. The Hall–Kier alpha value is -1.93. The zero-order chi connectivity index (χ0) is 19.1. The van der Waals surface area contributed by atoms with Crippen LogP contribution >= 0.6 is 0 Å². The largest absolute Gasteiger partial charge is 0.457 e. The molecule has 1 heterocycles. The number of hydrogen-bond donors (Lipinski definition) is 1. The average Bonchev–Trinajstić information content (AvgIpc) is 2.68. The van der Waals surface area contributed by atoms with E-state index in [0.29, 0.717) is 12.3 Å². The Balaban J connectivity index is 1.46. The maximum atomic E-state index is 12.4. The Morgan fingerprint density at radius 2 is 1.56 bits per heavy atom. The first-order chi connectivity index (χ1) is 13.0. The van der Waals surface area contributed by atoms with E-state index < -0.39 is 10.0 Å². The summed E-state index contributed by atoms with van der Waals surface area (Å²) < 4.78 is 33.2. The Kier molecular flexibility index (Phi) is 6.84. The van der Waals surface area contributed by atoms with Crippen molar-refractivity contribution in [2.75, 3.05) is 46.3 Å². The number of nitrogens with zero attached hydrogens (tertiary/aromatic N) is 2. The van der Waals surface area contributed by atoms with Gasteiger partial charge in [-0.2, -0.15) is 0 Å². The molecule has 1 aliphatic heterocycles. The molecule has 1 saturated heterocycles. The zero-order valence-corrected chi connectivity index (χ0v) is 16.5. The van der Waals surface area contributed by atoms with E-state index in [1.165, 1.54) is 0 Å². The second kappa shape index (κ2) is 9.32. The van der Waals surface area contributed by atoms with Gasteiger partial charge >= 0.3 is 0 Å². The van der Waals surface area contributed by atoms with Gasteiger partial charge in [0.1, 0.15) is 11.5 Å². The standard InChI is InChI=1S/C20H27N3O3S/c1-22-14-16-23(17-15-22)13-5-12-21-27(24,25)20-10-8-19(9-11-20)26-18-6-3-2-4-7-18/h2-4,6-11,21H,5,12-17H2,1H3. The molecule has 0 unspecified atom stereocenters. The predicted molar refractivity (Wildman–Crippen MR) is 107 cm³/mol. The van der Waals surface area contributed by atoms with Crippen LogP contribution in [0.4, 0.5) is 0 Å². The first-order valence-corrected chi connectivity index (χ1v) is 10.7. The Bertz CT molecular complexity index is 802. The highest BCUT2D eigenvalue weighted by atomic mass is 32.2. The van der Waals surface area contributed by atoms with Crippen molar-refractivity contribution in [2.45, 2.75) is 11.3 Å². The minimum atomic E-state index is -3.49. The third kappa shape index (κ3) is 6.04. The second-order valence-corrected chi connectivity index (χ2v) is 8.55. The van der Waals surface area contributed by atoms with Gasteiger partial charge in [0, 0.05) is 32.7 Å². The number of piperazine rings is 1. The highest BCUT2D eigenvalue weighted by Crippen LogP contribution is 2.22. The van der Waals surface area contributed by atoms with Crippen LogP contribution < -0.4 is 9.46 Å². The number of sulfonamides is 1. The van der Waals surface area contributed by atoms with Gasteiger partial charge in [0.2, 0.25) is 10.0 Å². The van der Waals surface area contributed by atoms with Crippen molar-refractivity contribution >= 4 is 10.0 Å². The lowest BCUT2D eigenvalue weighted by Gasteiger charge is -2.32. The van der Waals surface area contributed by atoms with E-state index in [2.05, 4.69) is 21.6 Å². The van der Waals surface area contributed by atoms with E-state index in [0.717, 1.165) is 44.9 Å². The SMILES string of the molecule is CN1CCN(CCCNS(=O)(=O)c2ccc(Oc3ccccc3)cc2)CC1. The van der Waals surface area contributed by atoms with Gasteiger partial charge in [-0.3, -0.25) is 0 Å². The molecule has 0 aliphatic carbocycles. The first-order valence-electron chi connectivity index (χ1n) is 9.26. The van der Waals surface area contributed by atoms with Crippen LogP contribution in [-0.2, 0) is 10.0 Å². The molecule has 0 bridgehead atoms. The van der Waals surface area contributed by atoms with Crippen molar-refractivity contribution in [3.63, 3.8) is 0 Å². The average molecular weight is 390 g/mol. The molecule has 27 heavy (non-hydrogen) atoms. The normalized spacial score (nSPS) is 16.3. The monoisotopic (exact) mass is 389 g/mol. The topological polar surface area (TPSA) is 61.9 Å². The van der Waals surface area contributed by atoms with Crippen LogP contribution in [-0.4, -0.2) is 64.5 Å². The minimum absolute atomic E-state index is 0.252. The molecule has 0 atom stereocenters. The van der Waals surface area contributed by atoms with Gasteiger partial charge in [0.15, 0.2) is 0 Å². The van der Waals surface area contributed by atoms with Gasteiger partial charge in [0.25, 0.3) is 0 Å². The molecule has 146 valence electrons. The van der Waals surface area contributed by atoms with Gasteiger partial charge in [0.05, 0.1) is 4.90 Å². The summed E-state index contributed by atoms with van der Waals surface area (Å²) in [5.41, 5.74) is 0. The molecule has 1 N–H and O–H groups in total. The van der Waals surface area contributed by atoms with Crippen LogP contribution in [0.3, 0.4) is 0 Å². The van der Waals surface area contributed by atoms with Crippen molar-refractivity contribution in [1.82, 2.24) is 14.5 Å². The zero-order valence-electron chi connectivity index (χ0n) is 15.7. The molecule has 2 aromatic carbocycles. The number of ether oxygens (including phenoxy) is 1. The van der Waals surface area contributed by atoms with Gasteiger partial charge < -0.3 is 14.5 Å².